The Morgan fingerprint density at radius 1 is 1.33 bits per heavy atom. The lowest BCUT2D eigenvalue weighted by Crippen LogP contribution is -2.42. The van der Waals surface area contributed by atoms with Gasteiger partial charge in [0, 0.05) is 18.5 Å². The topological polar surface area (TPSA) is 75.0 Å². The number of carbonyl (C=O) groups excluding carboxylic acids is 1. The van der Waals surface area contributed by atoms with E-state index in [2.05, 4.69) is 10.2 Å². The predicted molar refractivity (Wildman–Crippen MR) is 93.5 cm³/mol. The van der Waals surface area contributed by atoms with Crippen LogP contribution in [0.15, 0.2) is 42.6 Å². The molecule has 4 rings (SSSR count). The van der Waals surface area contributed by atoms with Crippen LogP contribution in [-0.4, -0.2) is 27.0 Å². The fourth-order valence-electron chi connectivity index (χ4n) is 3.32. The number of rotatable bonds is 2. The van der Waals surface area contributed by atoms with Gasteiger partial charge in [0.05, 0.1) is 22.8 Å². The summed E-state index contributed by atoms with van der Waals surface area (Å²) in [5.74, 6) is -0.0391. The van der Waals surface area contributed by atoms with Gasteiger partial charge in [0.25, 0.3) is 0 Å². The van der Waals surface area contributed by atoms with Crippen LogP contribution in [0.2, 0.25) is 5.02 Å². The lowest BCUT2D eigenvalue weighted by atomic mass is 9.99. The Hall–Kier alpha value is -2.37. The summed E-state index contributed by atoms with van der Waals surface area (Å²) in [5, 5.41) is 8.60. The van der Waals surface area contributed by atoms with Crippen molar-refractivity contribution >= 4 is 28.4 Å². The van der Waals surface area contributed by atoms with Crippen molar-refractivity contribution in [3.63, 3.8) is 0 Å². The maximum absolute atomic E-state index is 12.7. The second kappa shape index (κ2) is 5.92. The van der Waals surface area contributed by atoms with Gasteiger partial charge < -0.3 is 10.6 Å². The molecule has 6 heteroatoms. The van der Waals surface area contributed by atoms with Crippen LogP contribution >= 0.6 is 11.6 Å². The fourth-order valence-corrected chi connectivity index (χ4v) is 3.59. The van der Waals surface area contributed by atoms with Gasteiger partial charge in [-0.2, -0.15) is 5.10 Å². The predicted octanol–water partition coefficient (Wildman–Crippen LogP) is 2.63. The Labute approximate surface area is 144 Å². The van der Waals surface area contributed by atoms with E-state index in [1.54, 1.807) is 6.20 Å². The number of aromatic nitrogens is 2. The van der Waals surface area contributed by atoms with Crippen molar-refractivity contribution in [3.05, 3.63) is 64.3 Å². The number of hydrogen-bond donors (Lipinski definition) is 2. The summed E-state index contributed by atoms with van der Waals surface area (Å²) in [6.45, 7) is 1.04. The third-order valence-electron chi connectivity index (χ3n) is 4.53. The van der Waals surface area contributed by atoms with Gasteiger partial charge in [0.1, 0.15) is 0 Å². The van der Waals surface area contributed by atoms with Crippen molar-refractivity contribution in [2.75, 3.05) is 0 Å². The van der Waals surface area contributed by atoms with Crippen LogP contribution in [0.4, 0.5) is 0 Å². The lowest BCUT2D eigenvalue weighted by molar-refractivity contribution is -0.133. The molecular weight excluding hydrogens is 324 g/mol. The molecule has 0 saturated carbocycles. The first-order valence-corrected chi connectivity index (χ1v) is 8.23. The molecule has 0 bridgehead atoms. The quantitative estimate of drug-likeness (QED) is 0.753. The summed E-state index contributed by atoms with van der Waals surface area (Å²) in [7, 11) is 0. The summed E-state index contributed by atoms with van der Waals surface area (Å²) in [4.78, 5) is 14.5. The van der Waals surface area contributed by atoms with E-state index in [1.807, 2.05) is 41.3 Å². The smallest absolute Gasteiger partial charge is 0.240 e. The molecule has 1 amide bonds. The fraction of sp³-hybridized carbons (Fsp3) is 0.222. The summed E-state index contributed by atoms with van der Waals surface area (Å²) in [6.07, 6.45) is 2.25. The van der Waals surface area contributed by atoms with Gasteiger partial charge in [-0.15, -0.1) is 0 Å². The molecule has 0 aliphatic carbocycles. The number of carbonyl (C=O) groups is 1. The van der Waals surface area contributed by atoms with Gasteiger partial charge in [-0.25, -0.2) is 0 Å². The van der Waals surface area contributed by atoms with Crippen molar-refractivity contribution in [2.45, 2.75) is 25.6 Å². The number of aromatic amines is 1. The highest BCUT2D eigenvalue weighted by Crippen LogP contribution is 2.32. The van der Waals surface area contributed by atoms with E-state index in [1.165, 1.54) is 0 Å². The number of benzene rings is 2. The molecule has 3 N–H and O–H groups in total. The van der Waals surface area contributed by atoms with E-state index in [4.69, 9.17) is 17.3 Å². The van der Waals surface area contributed by atoms with E-state index in [0.29, 0.717) is 24.5 Å². The molecule has 122 valence electrons. The van der Waals surface area contributed by atoms with Crippen molar-refractivity contribution in [1.82, 2.24) is 15.1 Å². The number of nitrogens with zero attached hydrogens (tertiary/aromatic N) is 2. The number of fused-ring (bicyclic) bond motifs is 3. The molecule has 1 aliphatic rings. The minimum atomic E-state index is -0.560. The summed E-state index contributed by atoms with van der Waals surface area (Å²) < 4.78 is 0. The summed E-state index contributed by atoms with van der Waals surface area (Å²) >= 11 is 6.33. The van der Waals surface area contributed by atoms with Gasteiger partial charge >= 0.3 is 0 Å². The average molecular weight is 341 g/mol. The molecule has 3 aromatic rings. The maximum atomic E-state index is 12.7. The first-order valence-electron chi connectivity index (χ1n) is 7.85. The summed E-state index contributed by atoms with van der Waals surface area (Å²) in [5.41, 5.74) is 10.1. The van der Waals surface area contributed by atoms with E-state index < -0.39 is 6.04 Å². The SMILES string of the molecule is N[C@@H]1Cc2cc(Cl)c3[nH]ncc3c2CN(Cc2ccccc2)C1=O. The largest absolute Gasteiger partial charge is 0.333 e. The number of halogens is 1. The standard InChI is InChI=1S/C18H17ClN4O/c19-15-6-12-7-16(20)18(24)23(9-11-4-2-1-3-5-11)10-14(12)13-8-21-22-17(13)15/h1-6,8,16H,7,9-10,20H2,(H,21,22)/t16-/m1/s1. The van der Waals surface area contributed by atoms with Gasteiger partial charge in [-0.1, -0.05) is 41.9 Å². The third-order valence-corrected chi connectivity index (χ3v) is 4.82. The Morgan fingerprint density at radius 3 is 2.92 bits per heavy atom. The monoisotopic (exact) mass is 340 g/mol. The Morgan fingerprint density at radius 2 is 2.12 bits per heavy atom. The van der Waals surface area contributed by atoms with E-state index >= 15 is 0 Å². The number of amides is 1. The second-order valence-corrected chi connectivity index (χ2v) is 6.55. The van der Waals surface area contributed by atoms with Crippen LogP contribution in [0.3, 0.4) is 0 Å². The van der Waals surface area contributed by atoms with E-state index in [9.17, 15) is 4.79 Å². The molecule has 1 atom stereocenters. The zero-order chi connectivity index (χ0) is 16.7. The van der Waals surface area contributed by atoms with Gasteiger partial charge in [-0.05, 0) is 29.2 Å². The van der Waals surface area contributed by atoms with E-state index in [-0.39, 0.29) is 5.91 Å². The molecule has 0 unspecified atom stereocenters. The minimum Gasteiger partial charge on any atom is -0.333 e. The molecule has 0 saturated heterocycles. The second-order valence-electron chi connectivity index (χ2n) is 6.15. The first-order chi connectivity index (χ1) is 11.6. The van der Waals surface area contributed by atoms with Crippen molar-refractivity contribution in [3.8, 4) is 0 Å². The normalized spacial score (nSPS) is 17.8. The number of nitrogens with one attached hydrogen (secondary N) is 1. The molecule has 0 radical (unpaired) electrons. The van der Waals surface area contributed by atoms with Crippen LogP contribution in [0.1, 0.15) is 16.7 Å². The minimum absolute atomic E-state index is 0.0391. The molecule has 2 heterocycles. The Kier molecular flexibility index (Phi) is 3.75. The van der Waals surface area contributed by atoms with Gasteiger partial charge in [0.15, 0.2) is 0 Å². The molecule has 0 spiro atoms. The number of nitrogens with two attached hydrogens (primary N) is 1. The molecule has 5 nitrogen and oxygen atoms in total. The van der Waals surface area contributed by atoms with Crippen LogP contribution in [-0.2, 0) is 24.3 Å². The highest BCUT2D eigenvalue weighted by molar-refractivity contribution is 6.35. The van der Waals surface area contributed by atoms with Gasteiger partial charge in [0.2, 0.25) is 5.91 Å². The first kappa shape index (κ1) is 15.2. The lowest BCUT2D eigenvalue weighted by Gasteiger charge is -2.23. The van der Waals surface area contributed by atoms with Crippen LogP contribution in [0.5, 0.6) is 0 Å². The van der Waals surface area contributed by atoms with Gasteiger partial charge in [-0.3, -0.25) is 9.89 Å². The highest BCUT2D eigenvalue weighted by Gasteiger charge is 2.29. The van der Waals surface area contributed by atoms with Crippen molar-refractivity contribution in [2.24, 2.45) is 5.73 Å². The summed E-state index contributed by atoms with van der Waals surface area (Å²) in [6, 6.07) is 11.3. The van der Waals surface area contributed by atoms with Crippen LogP contribution in [0.25, 0.3) is 10.9 Å². The molecule has 2 aromatic carbocycles. The number of hydrogen-bond acceptors (Lipinski definition) is 3. The number of H-pyrrole nitrogens is 1. The molecule has 1 aliphatic heterocycles. The van der Waals surface area contributed by atoms with Crippen LogP contribution in [0, 0.1) is 0 Å². The Balaban J connectivity index is 1.78. The zero-order valence-corrected chi connectivity index (χ0v) is 13.8. The highest BCUT2D eigenvalue weighted by atomic mass is 35.5. The van der Waals surface area contributed by atoms with Crippen molar-refractivity contribution < 1.29 is 4.79 Å². The molecule has 0 fully saturated rings. The zero-order valence-electron chi connectivity index (χ0n) is 13.0. The Bertz CT molecular complexity index is 906. The molecular formula is C18H17ClN4O. The molecule has 24 heavy (non-hydrogen) atoms. The average Bonchev–Trinajstić information content (AvgIpc) is 3.04. The third kappa shape index (κ3) is 2.56. The molecule has 1 aromatic heterocycles. The van der Waals surface area contributed by atoms with Crippen molar-refractivity contribution in [1.29, 1.82) is 0 Å². The van der Waals surface area contributed by atoms with E-state index in [0.717, 1.165) is 27.6 Å². The maximum Gasteiger partial charge on any atom is 0.240 e. The van der Waals surface area contributed by atoms with Crippen LogP contribution < -0.4 is 5.73 Å².